The van der Waals surface area contributed by atoms with E-state index in [1.807, 2.05) is 30.3 Å². The van der Waals surface area contributed by atoms with Crippen LogP contribution in [0.4, 0.5) is 0 Å². The van der Waals surface area contributed by atoms with Crippen molar-refractivity contribution in [2.24, 2.45) is 40.6 Å². The molecule has 7 heteroatoms. The molecule has 33 heavy (non-hydrogen) atoms. The summed E-state index contributed by atoms with van der Waals surface area (Å²) in [6.45, 7) is 0.307. The third-order valence-electron chi connectivity index (χ3n) is 7.49. The van der Waals surface area contributed by atoms with Crippen molar-refractivity contribution in [3.05, 3.63) is 70.8 Å². The minimum atomic E-state index is -0.247. The van der Waals surface area contributed by atoms with Crippen LogP contribution in [0.25, 0.3) is 0 Å². The Balaban J connectivity index is 1.18. The number of hydrogen-bond acceptors (Lipinski definition) is 5. The molecule has 2 bridgehead atoms. The minimum Gasteiger partial charge on any atom is -0.493 e. The lowest BCUT2D eigenvalue weighted by atomic mass is 9.63. The van der Waals surface area contributed by atoms with Crippen molar-refractivity contribution in [1.82, 2.24) is 5.01 Å². The molecule has 1 heterocycles. The molecule has 0 aromatic heterocycles. The van der Waals surface area contributed by atoms with E-state index >= 15 is 0 Å². The van der Waals surface area contributed by atoms with Gasteiger partial charge in [-0.1, -0.05) is 42.0 Å². The summed E-state index contributed by atoms with van der Waals surface area (Å²) < 4.78 is 11.4. The van der Waals surface area contributed by atoms with Gasteiger partial charge in [-0.05, 0) is 59.9 Å². The van der Waals surface area contributed by atoms with E-state index in [4.69, 9.17) is 21.1 Å². The van der Waals surface area contributed by atoms with E-state index in [0.29, 0.717) is 40.5 Å². The summed E-state index contributed by atoms with van der Waals surface area (Å²) in [7, 11) is 1.56. The summed E-state index contributed by atoms with van der Waals surface area (Å²) in [5.74, 6) is 1.79. The molecule has 7 rings (SSSR count). The topological polar surface area (TPSA) is 68.2 Å². The van der Waals surface area contributed by atoms with Gasteiger partial charge in [0.1, 0.15) is 6.61 Å². The van der Waals surface area contributed by atoms with Crippen molar-refractivity contribution >= 4 is 29.6 Å². The number of imide groups is 1. The predicted octanol–water partition coefficient (Wildman–Crippen LogP) is 4.31. The zero-order valence-corrected chi connectivity index (χ0v) is 18.8. The average Bonchev–Trinajstić information content (AvgIpc) is 3.62. The number of methoxy groups -OCH3 is 1. The zero-order chi connectivity index (χ0) is 22.7. The molecule has 3 fully saturated rings. The summed E-state index contributed by atoms with van der Waals surface area (Å²) in [4.78, 5) is 26.1. The molecule has 2 aromatic rings. The second-order valence-electron chi connectivity index (χ2n) is 9.18. The van der Waals surface area contributed by atoms with E-state index in [1.165, 1.54) is 6.21 Å². The average molecular weight is 463 g/mol. The predicted molar refractivity (Wildman–Crippen MR) is 123 cm³/mol. The van der Waals surface area contributed by atoms with E-state index in [0.717, 1.165) is 17.0 Å². The Morgan fingerprint density at radius 3 is 2.39 bits per heavy atom. The molecule has 2 amide bonds. The standard InChI is InChI=1S/C26H23ClN2O4/c1-32-22-10-14(6-9-21(22)33-13-15-4-2-3-5-20(15)27)12-28-29-25(30)23-16-7-8-17(19-11-18(16)19)24(23)26(29)31/h2-10,12,16-19,23-24H,11,13H2,1H3/b28-12-/t16-,17-,18-,19-,23+,24+/m1/s1. The van der Waals surface area contributed by atoms with Crippen LogP contribution in [0.2, 0.25) is 5.02 Å². The van der Waals surface area contributed by atoms with Gasteiger partial charge in [0.25, 0.3) is 11.8 Å². The van der Waals surface area contributed by atoms with Gasteiger partial charge in [0, 0.05) is 10.6 Å². The molecule has 1 aliphatic heterocycles. The Labute approximate surface area is 196 Å². The number of nitrogens with zero attached hydrogens (tertiary/aromatic N) is 2. The molecule has 5 aliphatic rings. The summed E-state index contributed by atoms with van der Waals surface area (Å²) in [5, 5.41) is 6.02. The van der Waals surface area contributed by atoms with Gasteiger partial charge >= 0.3 is 0 Å². The van der Waals surface area contributed by atoms with Crippen LogP contribution >= 0.6 is 11.6 Å². The van der Waals surface area contributed by atoms with Crippen molar-refractivity contribution in [3.8, 4) is 11.5 Å². The number of hydrazone groups is 1. The van der Waals surface area contributed by atoms with E-state index in [1.54, 1.807) is 19.2 Å². The first-order valence-electron chi connectivity index (χ1n) is 11.2. The van der Waals surface area contributed by atoms with Crippen LogP contribution in [0.5, 0.6) is 11.5 Å². The number of rotatable bonds is 6. The number of halogens is 1. The number of hydrogen-bond donors (Lipinski definition) is 0. The monoisotopic (exact) mass is 462 g/mol. The maximum atomic E-state index is 13.1. The molecule has 2 saturated carbocycles. The number of benzene rings is 2. The highest BCUT2D eigenvalue weighted by molar-refractivity contribution is 6.31. The fourth-order valence-electron chi connectivity index (χ4n) is 5.83. The lowest BCUT2D eigenvalue weighted by Crippen LogP contribution is -2.40. The first-order valence-corrected chi connectivity index (χ1v) is 11.6. The molecule has 168 valence electrons. The Bertz CT molecular complexity index is 1170. The van der Waals surface area contributed by atoms with Crippen LogP contribution in [-0.2, 0) is 16.2 Å². The Kier molecular flexibility index (Phi) is 4.80. The molecule has 6 nitrogen and oxygen atoms in total. The van der Waals surface area contributed by atoms with Crippen LogP contribution in [0.15, 0.2) is 59.7 Å². The lowest BCUT2D eigenvalue weighted by Gasteiger charge is -2.37. The number of carbonyl (C=O) groups excluding carboxylic acids is 2. The molecular formula is C26H23ClN2O4. The van der Waals surface area contributed by atoms with Crippen LogP contribution in [0.3, 0.4) is 0 Å². The van der Waals surface area contributed by atoms with Crippen molar-refractivity contribution in [2.75, 3.05) is 7.11 Å². The number of amides is 2. The quantitative estimate of drug-likeness (QED) is 0.364. The van der Waals surface area contributed by atoms with E-state index in [-0.39, 0.29) is 35.5 Å². The third-order valence-corrected chi connectivity index (χ3v) is 7.86. The smallest absolute Gasteiger partial charge is 0.254 e. The molecule has 0 radical (unpaired) electrons. The Morgan fingerprint density at radius 1 is 1.03 bits per heavy atom. The first kappa shape index (κ1) is 20.5. The van der Waals surface area contributed by atoms with Gasteiger partial charge in [0.2, 0.25) is 0 Å². The molecule has 6 atom stereocenters. The van der Waals surface area contributed by atoms with Crippen molar-refractivity contribution < 1.29 is 19.1 Å². The second kappa shape index (κ2) is 7.73. The van der Waals surface area contributed by atoms with Gasteiger partial charge in [0.05, 0.1) is 25.2 Å². The molecule has 0 unspecified atom stereocenters. The fourth-order valence-corrected chi connectivity index (χ4v) is 6.02. The molecule has 4 aliphatic carbocycles. The highest BCUT2D eigenvalue weighted by Gasteiger charge is 2.67. The molecular weight excluding hydrogens is 440 g/mol. The number of allylic oxidation sites excluding steroid dienone is 2. The summed E-state index contributed by atoms with van der Waals surface area (Å²) >= 11 is 6.20. The van der Waals surface area contributed by atoms with Crippen LogP contribution in [0.1, 0.15) is 17.5 Å². The van der Waals surface area contributed by atoms with Crippen molar-refractivity contribution in [1.29, 1.82) is 0 Å². The van der Waals surface area contributed by atoms with E-state index < -0.39 is 0 Å². The zero-order valence-electron chi connectivity index (χ0n) is 18.1. The first-order chi connectivity index (χ1) is 16.1. The highest BCUT2D eigenvalue weighted by Crippen LogP contribution is 2.65. The molecule has 0 spiro atoms. The van der Waals surface area contributed by atoms with Gasteiger partial charge in [-0.15, -0.1) is 0 Å². The van der Waals surface area contributed by atoms with E-state index in [9.17, 15) is 9.59 Å². The van der Waals surface area contributed by atoms with Crippen LogP contribution in [-0.4, -0.2) is 30.1 Å². The maximum Gasteiger partial charge on any atom is 0.254 e. The SMILES string of the molecule is COc1cc(/C=N\N2C(=O)[C@H]3[C@@H]4C=C[C@H]([C@H]5C[C@H]45)[C@@H]3C2=O)ccc1OCc1ccccc1Cl. The Hall–Kier alpha value is -3.12. The minimum absolute atomic E-state index is 0.169. The van der Waals surface area contributed by atoms with Gasteiger partial charge in [-0.2, -0.15) is 10.1 Å². The summed E-state index contributed by atoms with van der Waals surface area (Å²) in [6.07, 6.45) is 6.99. The van der Waals surface area contributed by atoms with Crippen molar-refractivity contribution in [2.45, 2.75) is 13.0 Å². The fraction of sp³-hybridized carbons (Fsp3) is 0.346. The van der Waals surface area contributed by atoms with E-state index in [2.05, 4.69) is 17.3 Å². The van der Waals surface area contributed by atoms with Crippen LogP contribution < -0.4 is 9.47 Å². The maximum absolute atomic E-state index is 13.1. The molecule has 2 aromatic carbocycles. The Morgan fingerprint density at radius 2 is 1.73 bits per heavy atom. The molecule has 0 N–H and O–H groups in total. The second-order valence-corrected chi connectivity index (χ2v) is 9.59. The van der Waals surface area contributed by atoms with Gasteiger partial charge in [0.15, 0.2) is 11.5 Å². The lowest BCUT2D eigenvalue weighted by molar-refractivity contribution is -0.140. The third kappa shape index (κ3) is 3.27. The number of carbonyl (C=O) groups is 2. The summed E-state index contributed by atoms with van der Waals surface area (Å²) in [6, 6.07) is 12.9. The summed E-state index contributed by atoms with van der Waals surface area (Å²) in [5.41, 5.74) is 1.58. The van der Waals surface area contributed by atoms with Gasteiger partial charge in [-0.3, -0.25) is 9.59 Å². The largest absolute Gasteiger partial charge is 0.493 e. The highest BCUT2D eigenvalue weighted by atomic mass is 35.5. The van der Waals surface area contributed by atoms with Crippen LogP contribution in [0, 0.1) is 35.5 Å². The molecule has 1 saturated heterocycles. The number of ether oxygens (including phenoxy) is 2. The normalized spacial score (nSPS) is 31.2. The van der Waals surface area contributed by atoms with Crippen molar-refractivity contribution in [3.63, 3.8) is 0 Å². The van der Waals surface area contributed by atoms with Gasteiger partial charge in [-0.25, -0.2) is 0 Å². The van der Waals surface area contributed by atoms with Gasteiger partial charge < -0.3 is 9.47 Å².